The van der Waals surface area contributed by atoms with Crippen LogP contribution in [0.1, 0.15) is 17.5 Å². The largest absolute Gasteiger partial charge is 0.392 e. The van der Waals surface area contributed by atoms with Gasteiger partial charge in [-0.1, -0.05) is 24.3 Å². The van der Waals surface area contributed by atoms with E-state index in [0.717, 1.165) is 23.3 Å². The van der Waals surface area contributed by atoms with Gasteiger partial charge in [0.15, 0.2) is 0 Å². The Morgan fingerprint density at radius 2 is 2.00 bits per heavy atom. The normalized spacial score (nSPS) is 14.7. The van der Waals surface area contributed by atoms with E-state index in [1.54, 1.807) is 6.21 Å². The molecule has 0 fully saturated rings. The molecule has 0 amide bonds. The molecule has 13 heavy (non-hydrogen) atoms. The molecule has 3 nitrogen and oxygen atoms in total. The molecule has 1 aromatic carbocycles. The van der Waals surface area contributed by atoms with E-state index in [1.165, 1.54) is 0 Å². The summed E-state index contributed by atoms with van der Waals surface area (Å²) in [5.41, 5.74) is 2.99. The van der Waals surface area contributed by atoms with Crippen molar-refractivity contribution in [3.63, 3.8) is 0 Å². The molecule has 0 saturated carbocycles. The zero-order valence-corrected chi connectivity index (χ0v) is 7.14. The Morgan fingerprint density at radius 3 is 2.54 bits per heavy atom. The molecular formula is C10H10N2O. The smallest absolute Gasteiger partial charge is 0.0756 e. The van der Waals surface area contributed by atoms with E-state index in [4.69, 9.17) is 5.11 Å². The summed E-state index contributed by atoms with van der Waals surface area (Å²) >= 11 is 0. The standard InChI is InChI=1S/C10H10N2O/c13-7-8-1-3-9(4-2-8)10-5-6-11-12-10/h1-4,6,13H,5,7H2. The maximum atomic E-state index is 8.84. The minimum absolute atomic E-state index is 0.0866. The van der Waals surface area contributed by atoms with Crippen molar-refractivity contribution in [2.75, 3.05) is 0 Å². The van der Waals surface area contributed by atoms with Gasteiger partial charge >= 0.3 is 0 Å². The van der Waals surface area contributed by atoms with Crippen molar-refractivity contribution in [3.05, 3.63) is 35.4 Å². The van der Waals surface area contributed by atoms with Crippen molar-refractivity contribution in [2.45, 2.75) is 13.0 Å². The quantitative estimate of drug-likeness (QED) is 0.722. The van der Waals surface area contributed by atoms with Gasteiger partial charge in [-0.2, -0.15) is 10.2 Å². The average molecular weight is 174 g/mol. The van der Waals surface area contributed by atoms with Crippen LogP contribution >= 0.6 is 0 Å². The fourth-order valence-corrected chi connectivity index (χ4v) is 1.26. The van der Waals surface area contributed by atoms with E-state index in [2.05, 4.69) is 10.2 Å². The van der Waals surface area contributed by atoms with Crippen LogP contribution in [-0.4, -0.2) is 17.0 Å². The van der Waals surface area contributed by atoms with Crippen LogP contribution in [0.5, 0.6) is 0 Å². The van der Waals surface area contributed by atoms with Crippen LogP contribution in [0.15, 0.2) is 34.5 Å². The molecule has 1 aliphatic rings. The Balaban J connectivity index is 2.23. The molecule has 66 valence electrons. The summed E-state index contributed by atoms with van der Waals surface area (Å²) in [6.07, 6.45) is 2.59. The third kappa shape index (κ3) is 1.65. The minimum atomic E-state index is 0.0866. The van der Waals surface area contributed by atoms with Gasteiger partial charge < -0.3 is 5.11 Å². The molecule has 1 N–H and O–H groups in total. The number of rotatable bonds is 2. The van der Waals surface area contributed by atoms with Crippen LogP contribution in [0.2, 0.25) is 0 Å². The first kappa shape index (κ1) is 8.13. The molecule has 0 bridgehead atoms. The van der Waals surface area contributed by atoms with Gasteiger partial charge in [0.1, 0.15) is 0 Å². The molecule has 0 unspecified atom stereocenters. The second-order valence-corrected chi connectivity index (χ2v) is 2.90. The highest BCUT2D eigenvalue weighted by molar-refractivity contribution is 6.09. The highest BCUT2D eigenvalue weighted by atomic mass is 16.3. The first-order valence-electron chi connectivity index (χ1n) is 4.18. The zero-order chi connectivity index (χ0) is 9.10. The molecule has 1 aliphatic heterocycles. The molecule has 0 saturated heterocycles. The first-order chi connectivity index (χ1) is 6.40. The van der Waals surface area contributed by atoms with E-state index in [9.17, 15) is 0 Å². The second kappa shape index (κ2) is 3.49. The number of hydrogen-bond donors (Lipinski definition) is 1. The molecule has 0 atom stereocenters. The van der Waals surface area contributed by atoms with Gasteiger partial charge in [-0.15, -0.1) is 0 Å². The Kier molecular flexibility index (Phi) is 2.19. The predicted octanol–water partition coefficient (Wildman–Crippen LogP) is 1.36. The van der Waals surface area contributed by atoms with Crippen molar-refractivity contribution in [2.24, 2.45) is 10.2 Å². The fraction of sp³-hybridized carbons (Fsp3) is 0.200. The molecule has 0 radical (unpaired) electrons. The molecule has 3 heteroatoms. The topological polar surface area (TPSA) is 45.0 Å². The predicted molar refractivity (Wildman–Crippen MR) is 52.0 cm³/mol. The van der Waals surface area contributed by atoms with E-state index in [0.29, 0.717) is 0 Å². The van der Waals surface area contributed by atoms with Gasteiger partial charge in [0.25, 0.3) is 0 Å². The van der Waals surface area contributed by atoms with Crippen LogP contribution < -0.4 is 0 Å². The summed E-state index contributed by atoms with van der Waals surface area (Å²) < 4.78 is 0. The molecular weight excluding hydrogens is 164 g/mol. The summed E-state index contributed by atoms with van der Waals surface area (Å²) in [5, 5.41) is 16.6. The van der Waals surface area contributed by atoms with Crippen LogP contribution in [-0.2, 0) is 6.61 Å². The number of aliphatic hydroxyl groups is 1. The molecule has 0 aliphatic carbocycles. The van der Waals surface area contributed by atoms with Crippen LogP contribution in [0.4, 0.5) is 0 Å². The van der Waals surface area contributed by atoms with E-state index in [1.807, 2.05) is 24.3 Å². The van der Waals surface area contributed by atoms with Gasteiger partial charge in [0, 0.05) is 12.6 Å². The van der Waals surface area contributed by atoms with Crippen molar-refractivity contribution in [3.8, 4) is 0 Å². The maximum absolute atomic E-state index is 8.84. The van der Waals surface area contributed by atoms with Gasteiger partial charge in [-0.05, 0) is 11.1 Å². The van der Waals surface area contributed by atoms with E-state index in [-0.39, 0.29) is 6.61 Å². The third-order valence-electron chi connectivity index (χ3n) is 2.01. The Morgan fingerprint density at radius 1 is 1.23 bits per heavy atom. The summed E-state index contributed by atoms with van der Waals surface area (Å²) in [6.45, 7) is 0.0866. The van der Waals surface area contributed by atoms with Crippen LogP contribution in [0.25, 0.3) is 0 Å². The van der Waals surface area contributed by atoms with Gasteiger partial charge in [0.05, 0.1) is 12.3 Å². The van der Waals surface area contributed by atoms with Crippen molar-refractivity contribution < 1.29 is 5.11 Å². The van der Waals surface area contributed by atoms with E-state index < -0.39 is 0 Å². The lowest BCUT2D eigenvalue weighted by atomic mass is 10.1. The highest BCUT2D eigenvalue weighted by Crippen LogP contribution is 2.10. The SMILES string of the molecule is OCc1ccc(C2=NN=CC2)cc1. The van der Waals surface area contributed by atoms with Gasteiger partial charge in [-0.3, -0.25) is 0 Å². The lowest BCUT2D eigenvalue weighted by molar-refractivity contribution is 0.282. The van der Waals surface area contributed by atoms with Crippen molar-refractivity contribution >= 4 is 11.9 Å². The summed E-state index contributed by atoms with van der Waals surface area (Å²) in [6, 6.07) is 7.71. The Bertz CT molecular complexity index is 352. The summed E-state index contributed by atoms with van der Waals surface area (Å²) in [5.74, 6) is 0. The highest BCUT2D eigenvalue weighted by Gasteiger charge is 2.05. The molecule has 0 aromatic heterocycles. The lowest BCUT2D eigenvalue weighted by Crippen LogP contribution is -1.97. The van der Waals surface area contributed by atoms with Crippen LogP contribution in [0.3, 0.4) is 0 Å². The van der Waals surface area contributed by atoms with E-state index >= 15 is 0 Å². The molecule has 0 spiro atoms. The third-order valence-corrected chi connectivity index (χ3v) is 2.01. The first-order valence-corrected chi connectivity index (χ1v) is 4.18. The number of aliphatic hydroxyl groups excluding tert-OH is 1. The van der Waals surface area contributed by atoms with Crippen molar-refractivity contribution in [1.29, 1.82) is 0 Å². The van der Waals surface area contributed by atoms with Gasteiger partial charge in [-0.25, -0.2) is 0 Å². The fourth-order valence-electron chi connectivity index (χ4n) is 1.26. The lowest BCUT2D eigenvalue weighted by Gasteiger charge is -2.00. The second-order valence-electron chi connectivity index (χ2n) is 2.90. The monoisotopic (exact) mass is 174 g/mol. The molecule has 1 aromatic rings. The molecule has 1 heterocycles. The maximum Gasteiger partial charge on any atom is 0.0756 e. The Labute approximate surface area is 76.4 Å². The summed E-state index contributed by atoms with van der Waals surface area (Å²) in [7, 11) is 0. The Hall–Kier alpha value is -1.48. The molecule has 2 rings (SSSR count). The summed E-state index contributed by atoms with van der Waals surface area (Å²) in [4.78, 5) is 0. The van der Waals surface area contributed by atoms with Crippen molar-refractivity contribution in [1.82, 2.24) is 0 Å². The zero-order valence-electron chi connectivity index (χ0n) is 7.14. The number of benzene rings is 1. The average Bonchev–Trinajstić information content (AvgIpc) is 2.71. The number of hydrogen-bond acceptors (Lipinski definition) is 3. The minimum Gasteiger partial charge on any atom is -0.392 e. The van der Waals surface area contributed by atoms with Crippen LogP contribution in [0, 0.1) is 0 Å². The number of nitrogens with zero attached hydrogens (tertiary/aromatic N) is 2. The van der Waals surface area contributed by atoms with Gasteiger partial charge in [0.2, 0.25) is 0 Å².